The van der Waals surface area contributed by atoms with Crippen molar-refractivity contribution in [3.05, 3.63) is 33.4 Å². The number of nitro groups is 1. The number of hydrogen-bond acceptors (Lipinski definition) is 6. The minimum Gasteiger partial charge on any atom is -0.466 e. The molecule has 142 valence electrons. The molecule has 8 heteroatoms. The largest absolute Gasteiger partial charge is 0.466 e. The van der Waals surface area contributed by atoms with E-state index in [9.17, 15) is 19.7 Å². The van der Waals surface area contributed by atoms with Crippen LogP contribution >= 0.6 is 0 Å². The van der Waals surface area contributed by atoms with Gasteiger partial charge >= 0.3 is 5.97 Å². The van der Waals surface area contributed by atoms with Crippen LogP contribution in [0, 0.1) is 29.9 Å². The molecule has 0 bridgehead atoms. The molecule has 26 heavy (non-hydrogen) atoms. The summed E-state index contributed by atoms with van der Waals surface area (Å²) in [6, 6.07) is 3.08. The summed E-state index contributed by atoms with van der Waals surface area (Å²) in [6.07, 6.45) is 1.56. The van der Waals surface area contributed by atoms with Gasteiger partial charge in [0.2, 0.25) is 5.91 Å². The molecular weight excluding hydrogens is 338 g/mol. The maximum Gasteiger partial charge on any atom is 0.310 e. The van der Waals surface area contributed by atoms with Crippen molar-refractivity contribution in [1.82, 2.24) is 4.90 Å². The lowest BCUT2D eigenvalue weighted by molar-refractivity contribution is -0.384. The highest BCUT2D eigenvalue weighted by Gasteiger charge is 2.28. The molecule has 1 amide bonds. The Morgan fingerprint density at radius 1 is 1.35 bits per heavy atom. The predicted molar refractivity (Wildman–Crippen MR) is 97.0 cm³/mol. The van der Waals surface area contributed by atoms with Crippen molar-refractivity contribution in [3.63, 3.8) is 0 Å². The number of rotatable bonds is 6. The molecule has 1 atom stereocenters. The number of piperidine rings is 1. The molecule has 0 aliphatic carbocycles. The number of carbonyl (C=O) groups excluding carboxylic acids is 2. The second-order valence-electron chi connectivity index (χ2n) is 6.59. The summed E-state index contributed by atoms with van der Waals surface area (Å²) in [5, 5.41) is 13.9. The van der Waals surface area contributed by atoms with Gasteiger partial charge in [-0.2, -0.15) is 0 Å². The smallest absolute Gasteiger partial charge is 0.310 e. The van der Waals surface area contributed by atoms with Gasteiger partial charge < -0.3 is 10.1 Å². The lowest BCUT2D eigenvalue weighted by Gasteiger charge is -2.30. The standard InChI is InChI=1S/C18H25N3O5/c1-4-26-18(23)14-6-5-7-20(10-14)11-17(22)19-15-8-12(2)13(3)9-16(15)21(24)25/h8-9,14H,4-7,10-11H2,1-3H3,(H,19,22)/t14-/m0/s1. The first-order valence-electron chi connectivity index (χ1n) is 8.76. The van der Waals surface area contributed by atoms with Crippen molar-refractivity contribution in [2.24, 2.45) is 5.92 Å². The van der Waals surface area contributed by atoms with Gasteiger partial charge in [0.15, 0.2) is 0 Å². The number of esters is 1. The zero-order chi connectivity index (χ0) is 19.3. The van der Waals surface area contributed by atoms with Crippen LogP contribution in [0.25, 0.3) is 0 Å². The van der Waals surface area contributed by atoms with E-state index in [0.717, 1.165) is 24.0 Å². The highest BCUT2D eigenvalue weighted by Crippen LogP contribution is 2.28. The van der Waals surface area contributed by atoms with E-state index in [1.165, 1.54) is 6.07 Å². The molecule has 0 spiro atoms. The molecule has 1 aliphatic rings. The highest BCUT2D eigenvalue weighted by atomic mass is 16.6. The summed E-state index contributed by atoms with van der Waals surface area (Å²) in [6.45, 7) is 6.98. The van der Waals surface area contributed by atoms with Gasteiger partial charge in [0.25, 0.3) is 5.69 Å². The van der Waals surface area contributed by atoms with Gasteiger partial charge in [-0.25, -0.2) is 0 Å². The van der Waals surface area contributed by atoms with E-state index in [1.807, 2.05) is 11.8 Å². The number of nitrogens with one attached hydrogen (secondary N) is 1. The fourth-order valence-electron chi connectivity index (χ4n) is 3.10. The monoisotopic (exact) mass is 363 g/mol. The van der Waals surface area contributed by atoms with Crippen LogP contribution in [0.3, 0.4) is 0 Å². The van der Waals surface area contributed by atoms with Gasteiger partial charge in [-0.1, -0.05) is 0 Å². The van der Waals surface area contributed by atoms with Crippen molar-refractivity contribution in [2.75, 3.05) is 31.6 Å². The van der Waals surface area contributed by atoms with Crippen LogP contribution in [0.1, 0.15) is 30.9 Å². The minimum atomic E-state index is -0.500. The van der Waals surface area contributed by atoms with Crippen LogP contribution in [0.5, 0.6) is 0 Å². The second-order valence-corrected chi connectivity index (χ2v) is 6.59. The Kier molecular flexibility index (Phi) is 6.68. The van der Waals surface area contributed by atoms with Crippen LogP contribution < -0.4 is 5.32 Å². The Morgan fingerprint density at radius 3 is 2.69 bits per heavy atom. The van der Waals surface area contributed by atoms with Crippen LogP contribution in [0.15, 0.2) is 12.1 Å². The number of carbonyl (C=O) groups is 2. The zero-order valence-corrected chi connectivity index (χ0v) is 15.4. The number of aryl methyl sites for hydroxylation is 2. The third kappa shape index (κ3) is 5.01. The Morgan fingerprint density at radius 2 is 2.04 bits per heavy atom. The van der Waals surface area contributed by atoms with E-state index in [-0.39, 0.29) is 35.7 Å². The van der Waals surface area contributed by atoms with Crippen molar-refractivity contribution in [3.8, 4) is 0 Å². The summed E-state index contributed by atoms with van der Waals surface area (Å²) in [7, 11) is 0. The molecule has 0 unspecified atom stereocenters. The number of nitrogens with zero attached hydrogens (tertiary/aromatic N) is 2. The van der Waals surface area contributed by atoms with Crippen LogP contribution in [-0.4, -0.2) is 47.9 Å². The lowest BCUT2D eigenvalue weighted by atomic mass is 9.98. The van der Waals surface area contributed by atoms with Crippen molar-refractivity contribution < 1.29 is 19.2 Å². The van der Waals surface area contributed by atoms with Crippen LogP contribution in [0.2, 0.25) is 0 Å². The Labute approximate surface area is 152 Å². The fourth-order valence-corrected chi connectivity index (χ4v) is 3.10. The molecule has 1 aromatic rings. The van der Waals surface area contributed by atoms with E-state index >= 15 is 0 Å². The first kappa shape index (κ1) is 19.8. The topological polar surface area (TPSA) is 102 Å². The molecule has 0 saturated carbocycles. The summed E-state index contributed by atoms with van der Waals surface area (Å²) in [5.74, 6) is -0.796. The van der Waals surface area contributed by atoms with Crippen LogP contribution in [-0.2, 0) is 14.3 Å². The molecule has 1 saturated heterocycles. The van der Waals surface area contributed by atoms with E-state index in [0.29, 0.717) is 19.7 Å². The first-order chi connectivity index (χ1) is 12.3. The molecule has 2 rings (SSSR count). The quantitative estimate of drug-likeness (QED) is 0.473. The minimum absolute atomic E-state index is 0.0833. The summed E-state index contributed by atoms with van der Waals surface area (Å²) in [4.78, 5) is 36.9. The average Bonchev–Trinajstić information content (AvgIpc) is 2.58. The molecule has 1 aliphatic heterocycles. The molecule has 0 aromatic heterocycles. The molecule has 0 radical (unpaired) electrons. The van der Waals surface area contributed by atoms with Gasteiger partial charge in [-0.05, 0) is 57.4 Å². The lowest BCUT2D eigenvalue weighted by Crippen LogP contribution is -2.43. The molecule has 1 heterocycles. The molecule has 1 fully saturated rings. The van der Waals surface area contributed by atoms with Crippen molar-refractivity contribution >= 4 is 23.3 Å². The number of ether oxygens (including phenoxy) is 1. The Hall–Kier alpha value is -2.48. The molecule has 1 N–H and O–H groups in total. The number of nitro benzene ring substituents is 1. The highest BCUT2D eigenvalue weighted by molar-refractivity contribution is 5.94. The molecule has 1 aromatic carbocycles. The van der Waals surface area contributed by atoms with E-state index in [1.54, 1.807) is 19.9 Å². The SMILES string of the molecule is CCOC(=O)[C@H]1CCCN(CC(=O)Nc2cc(C)c(C)cc2[N+](=O)[O-])C1. The van der Waals surface area contributed by atoms with E-state index in [4.69, 9.17) is 4.74 Å². The van der Waals surface area contributed by atoms with Gasteiger partial charge in [-0.15, -0.1) is 0 Å². The predicted octanol–water partition coefficient (Wildman–Crippen LogP) is 2.43. The molecular formula is C18H25N3O5. The number of anilines is 1. The second kappa shape index (κ2) is 8.75. The van der Waals surface area contributed by atoms with Gasteiger partial charge in [0.1, 0.15) is 5.69 Å². The maximum atomic E-state index is 12.4. The van der Waals surface area contributed by atoms with E-state index < -0.39 is 4.92 Å². The fraction of sp³-hybridized carbons (Fsp3) is 0.556. The van der Waals surface area contributed by atoms with Crippen LogP contribution in [0.4, 0.5) is 11.4 Å². The van der Waals surface area contributed by atoms with Gasteiger partial charge in [0, 0.05) is 12.6 Å². The van der Waals surface area contributed by atoms with Gasteiger partial charge in [0.05, 0.1) is 24.0 Å². The first-order valence-corrected chi connectivity index (χ1v) is 8.76. The average molecular weight is 363 g/mol. The molecule has 8 nitrogen and oxygen atoms in total. The number of benzene rings is 1. The van der Waals surface area contributed by atoms with Crippen molar-refractivity contribution in [1.29, 1.82) is 0 Å². The summed E-state index contributed by atoms with van der Waals surface area (Å²) < 4.78 is 5.06. The summed E-state index contributed by atoms with van der Waals surface area (Å²) in [5.41, 5.74) is 1.74. The van der Waals surface area contributed by atoms with E-state index in [2.05, 4.69) is 5.32 Å². The zero-order valence-electron chi connectivity index (χ0n) is 15.4. The number of hydrogen-bond donors (Lipinski definition) is 1. The Balaban J connectivity index is 2.01. The normalized spacial score (nSPS) is 17.6. The number of likely N-dealkylation sites (tertiary alicyclic amines) is 1. The third-order valence-electron chi connectivity index (χ3n) is 4.58. The summed E-state index contributed by atoms with van der Waals surface area (Å²) >= 11 is 0. The Bertz CT molecular complexity index is 704. The third-order valence-corrected chi connectivity index (χ3v) is 4.58. The van der Waals surface area contributed by atoms with Gasteiger partial charge in [-0.3, -0.25) is 24.6 Å². The maximum absolute atomic E-state index is 12.4. The van der Waals surface area contributed by atoms with Crippen molar-refractivity contribution in [2.45, 2.75) is 33.6 Å². The number of amides is 1.